The van der Waals surface area contributed by atoms with Crippen molar-refractivity contribution in [1.82, 2.24) is 0 Å². The summed E-state index contributed by atoms with van der Waals surface area (Å²) in [5, 5.41) is 8.52. The summed E-state index contributed by atoms with van der Waals surface area (Å²) in [4.78, 5) is 10.4. The first-order valence-corrected chi connectivity index (χ1v) is 4.91. The number of rotatable bonds is 2. The third-order valence-electron chi connectivity index (χ3n) is 2.17. The molecule has 0 aliphatic carbocycles. The van der Waals surface area contributed by atoms with Crippen molar-refractivity contribution in [3.05, 3.63) is 41.5 Å². The van der Waals surface area contributed by atoms with Crippen LogP contribution in [0.5, 0.6) is 0 Å². The Bertz CT molecular complexity index is 384. The zero-order valence-corrected chi connectivity index (χ0v) is 9.32. The lowest BCUT2D eigenvalue weighted by atomic mass is 9.86. The molecular formula is C13H16O2. The molecule has 1 N–H and O–H groups in total. The van der Waals surface area contributed by atoms with Crippen molar-refractivity contribution < 1.29 is 9.90 Å². The van der Waals surface area contributed by atoms with Gasteiger partial charge >= 0.3 is 5.97 Å². The Balaban J connectivity index is 2.98. The van der Waals surface area contributed by atoms with Gasteiger partial charge in [0.2, 0.25) is 0 Å². The second kappa shape index (κ2) is 4.30. The SMILES string of the molecule is CC(C)(C)c1cccc(C=CC(=O)O)c1. The van der Waals surface area contributed by atoms with Gasteiger partial charge in [-0.1, -0.05) is 45.0 Å². The van der Waals surface area contributed by atoms with Gasteiger partial charge in [0.1, 0.15) is 0 Å². The van der Waals surface area contributed by atoms with Crippen LogP contribution in [0.3, 0.4) is 0 Å². The van der Waals surface area contributed by atoms with Crippen molar-refractivity contribution in [2.24, 2.45) is 0 Å². The van der Waals surface area contributed by atoms with Gasteiger partial charge in [-0.3, -0.25) is 0 Å². The van der Waals surface area contributed by atoms with E-state index in [1.54, 1.807) is 6.08 Å². The van der Waals surface area contributed by atoms with Crippen LogP contribution in [0.25, 0.3) is 6.08 Å². The lowest BCUT2D eigenvalue weighted by Crippen LogP contribution is -2.10. The highest BCUT2D eigenvalue weighted by Crippen LogP contribution is 2.23. The molecule has 0 saturated carbocycles. The largest absolute Gasteiger partial charge is 0.478 e. The average Bonchev–Trinajstić information content (AvgIpc) is 2.14. The summed E-state index contributed by atoms with van der Waals surface area (Å²) in [5.41, 5.74) is 2.22. The van der Waals surface area contributed by atoms with Crippen molar-refractivity contribution in [3.8, 4) is 0 Å². The van der Waals surface area contributed by atoms with Crippen LogP contribution < -0.4 is 0 Å². The van der Waals surface area contributed by atoms with Gasteiger partial charge < -0.3 is 5.11 Å². The van der Waals surface area contributed by atoms with Gasteiger partial charge in [0.25, 0.3) is 0 Å². The molecule has 0 atom stereocenters. The number of carbonyl (C=O) groups is 1. The van der Waals surface area contributed by atoms with Gasteiger partial charge in [-0.25, -0.2) is 4.79 Å². The monoisotopic (exact) mass is 204 g/mol. The van der Waals surface area contributed by atoms with E-state index >= 15 is 0 Å². The number of benzene rings is 1. The fourth-order valence-corrected chi connectivity index (χ4v) is 1.28. The van der Waals surface area contributed by atoms with Crippen LogP contribution >= 0.6 is 0 Å². The maximum atomic E-state index is 10.4. The molecule has 0 fully saturated rings. The van der Waals surface area contributed by atoms with Gasteiger partial charge in [-0.15, -0.1) is 0 Å². The van der Waals surface area contributed by atoms with Crippen molar-refractivity contribution >= 4 is 12.0 Å². The molecule has 0 aliphatic rings. The first-order chi connectivity index (χ1) is 6.89. The molecular weight excluding hydrogens is 188 g/mol. The standard InChI is InChI=1S/C13H16O2/c1-13(2,3)11-6-4-5-10(9-11)7-8-12(14)15/h4-9H,1-3H3,(H,14,15). The minimum Gasteiger partial charge on any atom is -0.478 e. The topological polar surface area (TPSA) is 37.3 Å². The van der Waals surface area contributed by atoms with Gasteiger partial charge in [-0.05, 0) is 22.6 Å². The predicted molar refractivity (Wildman–Crippen MR) is 61.8 cm³/mol. The van der Waals surface area contributed by atoms with Crippen LogP contribution in [0.15, 0.2) is 30.3 Å². The minimum atomic E-state index is -0.920. The molecule has 1 rings (SSSR count). The zero-order chi connectivity index (χ0) is 11.5. The van der Waals surface area contributed by atoms with Crippen molar-refractivity contribution in [2.75, 3.05) is 0 Å². The Morgan fingerprint density at radius 1 is 1.33 bits per heavy atom. The molecule has 1 aromatic carbocycles. The quantitative estimate of drug-likeness (QED) is 0.752. The van der Waals surface area contributed by atoms with E-state index in [1.165, 1.54) is 5.56 Å². The van der Waals surface area contributed by atoms with Gasteiger partial charge in [0, 0.05) is 6.08 Å². The molecule has 15 heavy (non-hydrogen) atoms. The number of carboxylic acid groups (broad SMARTS) is 1. The van der Waals surface area contributed by atoms with Gasteiger partial charge in [0.15, 0.2) is 0 Å². The van der Waals surface area contributed by atoms with Crippen molar-refractivity contribution in [1.29, 1.82) is 0 Å². The normalized spacial score (nSPS) is 11.9. The Morgan fingerprint density at radius 3 is 2.53 bits per heavy atom. The van der Waals surface area contributed by atoms with E-state index in [0.29, 0.717) is 0 Å². The van der Waals surface area contributed by atoms with Crippen molar-refractivity contribution in [3.63, 3.8) is 0 Å². The number of aliphatic carboxylic acids is 1. The molecule has 0 amide bonds. The van der Waals surface area contributed by atoms with Crippen LogP contribution in [0.4, 0.5) is 0 Å². The van der Waals surface area contributed by atoms with E-state index in [4.69, 9.17) is 5.11 Å². The fraction of sp³-hybridized carbons (Fsp3) is 0.308. The molecule has 0 radical (unpaired) electrons. The van der Waals surface area contributed by atoms with Crippen LogP contribution in [-0.4, -0.2) is 11.1 Å². The van der Waals surface area contributed by atoms with E-state index in [-0.39, 0.29) is 5.41 Å². The van der Waals surface area contributed by atoms with E-state index in [0.717, 1.165) is 11.6 Å². The third-order valence-corrected chi connectivity index (χ3v) is 2.17. The van der Waals surface area contributed by atoms with Crippen LogP contribution in [0, 0.1) is 0 Å². The predicted octanol–water partition coefficient (Wildman–Crippen LogP) is 3.08. The maximum Gasteiger partial charge on any atom is 0.328 e. The lowest BCUT2D eigenvalue weighted by Gasteiger charge is -2.19. The molecule has 2 heteroatoms. The Labute approximate surface area is 90.3 Å². The molecule has 80 valence electrons. The second-order valence-corrected chi connectivity index (χ2v) is 4.55. The molecule has 0 unspecified atom stereocenters. The van der Waals surface area contributed by atoms with E-state index in [2.05, 4.69) is 26.8 Å². The fourth-order valence-electron chi connectivity index (χ4n) is 1.28. The third kappa shape index (κ3) is 3.58. The van der Waals surface area contributed by atoms with E-state index in [9.17, 15) is 4.79 Å². The molecule has 0 bridgehead atoms. The summed E-state index contributed by atoms with van der Waals surface area (Å²) in [7, 11) is 0. The molecule has 1 aromatic rings. The highest BCUT2D eigenvalue weighted by atomic mass is 16.4. The average molecular weight is 204 g/mol. The summed E-state index contributed by atoms with van der Waals surface area (Å²) in [5.74, 6) is -0.920. The summed E-state index contributed by atoms with van der Waals surface area (Å²) >= 11 is 0. The van der Waals surface area contributed by atoms with Gasteiger partial charge in [0.05, 0.1) is 0 Å². The molecule has 0 spiro atoms. The number of carboxylic acids is 1. The summed E-state index contributed by atoms with van der Waals surface area (Å²) in [6.45, 7) is 6.40. The van der Waals surface area contributed by atoms with Crippen LogP contribution in [-0.2, 0) is 10.2 Å². The van der Waals surface area contributed by atoms with Crippen LogP contribution in [0.2, 0.25) is 0 Å². The van der Waals surface area contributed by atoms with E-state index < -0.39 is 5.97 Å². The molecule has 0 heterocycles. The second-order valence-electron chi connectivity index (χ2n) is 4.55. The smallest absolute Gasteiger partial charge is 0.328 e. The Kier molecular flexibility index (Phi) is 3.30. The van der Waals surface area contributed by atoms with Gasteiger partial charge in [-0.2, -0.15) is 0 Å². The first kappa shape index (κ1) is 11.5. The highest BCUT2D eigenvalue weighted by Gasteiger charge is 2.12. The number of hydrogen-bond donors (Lipinski definition) is 1. The van der Waals surface area contributed by atoms with E-state index in [1.807, 2.05) is 18.2 Å². The number of hydrogen-bond acceptors (Lipinski definition) is 1. The molecule has 0 aliphatic heterocycles. The summed E-state index contributed by atoms with van der Waals surface area (Å²) in [6.07, 6.45) is 2.76. The first-order valence-electron chi connectivity index (χ1n) is 4.91. The Morgan fingerprint density at radius 2 is 2.00 bits per heavy atom. The summed E-state index contributed by atoms with van der Waals surface area (Å²) < 4.78 is 0. The van der Waals surface area contributed by atoms with Crippen LogP contribution in [0.1, 0.15) is 31.9 Å². The molecule has 0 aromatic heterocycles. The summed E-state index contributed by atoms with van der Waals surface area (Å²) in [6, 6.07) is 7.91. The Hall–Kier alpha value is -1.57. The molecule has 2 nitrogen and oxygen atoms in total. The lowest BCUT2D eigenvalue weighted by molar-refractivity contribution is -0.131. The highest BCUT2D eigenvalue weighted by molar-refractivity contribution is 5.85. The zero-order valence-electron chi connectivity index (χ0n) is 9.32. The maximum absolute atomic E-state index is 10.4. The van der Waals surface area contributed by atoms with Crippen molar-refractivity contribution in [2.45, 2.75) is 26.2 Å². The minimum absolute atomic E-state index is 0.0904. The molecule has 0 saturated heterocycles.